The summed E-state index contributed by atoms with van der Waals surface area (Å²) in [6.45, 7) is 10.1. The van der Waals surface area contributed by atoms with Crippen LogP contribution in [0.2, 0.25) is 0 Å². The molecule has 1 aromatic heterocycles. The number of thiophene rings is 1. The number of hydrogen-bond acceptors (Lipinski definition) is 5. The number of hydrogen-bond donors (Lipinski definition) is 0. The van der Waals surface area contributed by atoms with Gasteiger partial charge in [0.1, 0.15) is 24.7 Å². The molecule has 0 saturated heterocycles. The Bertz CT molecular complexity index is 1230. The lowest BCUT2D eigenvalue weighted by Gasteiger charge is -2.37. The van der Waals surface area contributed by atoms with Crippen molar-refractivity contribution in [2.75, 3.05) is 33.4 Å². The number of amides is 2. The number of benzene rings is 2. The highest BCUT2D eigenvalue weighted by atomic mass is 32.1. The van der Waals surface area contributed by atoms with Crippen LogP contribution in [0, 0.1) is 5.92 Å². The van der Waals surface area contributed by atoms with Gasteiger partial charge in [0.2, 0.25) is 5.91 Å². The standard InChI is InChI=1S/C32H40N2O4S/c1-22(2)14-17-33(32(36)25-8-10-26(37-5)11-9-25)20-31(35)34-18-15-30-28(16-19-39-30)29(34)21-38-27-12-6-24(7-13-27)23(3)4/h6-13,16,19,22-23,29H,14-15,17-18,20-21H2,1-5H3. The second kappa shape index (κ2) is 13.2. The highest BCUT2D eigenvalue weighted by Gasteiger charge is 2.33. The van der Waals surface area contributed by atoms with Gasteiger partial charge in [-0.3, -0.25) is 9.59 Å². The first-order valence-corrected chi connectivity index (χ1v) is 14.7. The number of carbonyl (C=O) groups is 2. The molecule has 2 heterocycles. The van der Waals surface area contributed by atoms with Crippen molar-refractivity contribution in [3.05, 3.63) is 81.5 Å². The lowest BCUT2D eigenvalue weighted by atomic mass is 10.00. The van der Waals surface area contributed by atoms with E-state index in [4.69, 9.17) is 9.47 Å². The zero-order valence-electron chi connectivity index (χ0n) is 23.7. The third-order valence-corrected chi connectivity index (χ3v) is 8.29. The summed E-state index contributed by atoms with van der Waals surface area (Å²) < 4.78 is 11.5. The van der Waals surface area contributed by atoms with E-state index in [0.29, 0.717) is 42.8 Å². The van der Waals surface area contributed by atoms with Gasteiger partial charge in [0.15, 0.2) is 0 Å². The fraction of sp³-hybridized carbons (Fsp3) is 0.438. The lowest BCUT2D eigenvalue weighted by molar-refractivity contribution is -0.135. The van der Waals surface area contributed by atoms with Gasteiger partial charge in [0.25, 0.3) is 5.91 Å². The minimum atomic E-state index is -0.194. The molecule has 7 heteroatoms. The van der Waals surface area contributed by atoms with Crippen molar-refractivity contribution < 1.29 is 19.1 Å². The van der Waals surface area contributed by atoms with Crippen LogP contribution in [0.3, 0.4) is 0 Å². The van der Waals surface area contributed by atoms with E-state index in [1.807, 2.05) is 17.0 Å². The highest BCUT2D eigenvalue weighted by Crippen LogP contribution is 2.34. The molecule has 6 nitrogen and oxygen atoms in total. The maximum Gasteiger partial charge on any atom is 0.254 e. The summed E-state index contributed by atoms with van der Waals surface area (Å²) in [7, 11) is 1.60. The SMILES string of the molecule is COc1ccc(C(=O)N(CCC(C)C)CC(=O)N2CCc3sccc3C2COc2ccc(C(C)C)cc2)cc1. The Labute approximate surface area is 236 Å². The maximum atomic E-state index is 13.8. The normalized spacial score (nSPS) is 14.8. The van der Waals surface area contributed by atoms with E-state index in [1.54, 1.807) is 47.6 Å². The van der Waals surface area contributed by atoms with Gasteiger partial charge in [-0.2, -0.15) is 0 Å². The molecule has 4 rings (SSSR count). The first-order chi connectivity index (χ1) is 18.8. The Morgan fingerprint density at radius 1 is 1.00 bits per heavy atom. The summed E-state index contributed by atoms with van der Waals surface area (Å²) in [4.78, 5) is 32.2. The number of carbonyl (C=O) groups excluding carboxylic acids is 2. The molecule has 0 aliphatic carbocycles. The van der Waals surface area contributed by atoms with Crippen molar-refractivity contribution in [1.29, 1.82) is 0 Å². The molecule has 1 aliphatic rings. The minimum absolute atomic E-state index is 0.0383. The van der Waals surface area contributed by atoms with Gasteiger partial charge < -0.3 is 19.3 Å². The average Bonchev–Trinajstić information content (AvgIpc) is 3.43. The van der Waals surface area contributed by atoms with Crippen molar-refractivity contribution >= 4 is 23.2 Å². The summed E-state index contributed by atoms with van der Waals surface area (Å²) in [6.07, 6.45) is 1.64. The zero-order chi connectivity index (χ0) is 27.9. The maximum absolute atomic E-state index is 13.8. The molecule has 0 bridgehead atoms. The van der Waals surface area contributed by atoms with Gasteiger partial charge in [0, 0.05) is 23.5 Å². The molecule has 1 unspecified atom stereocenters. The van der Waals surface area contributed by atoms with Crippen LogP contribution in [0.15, 0.2) is 60.0 Å². The van der Waals surface area contributed by atoms with E-state index in [9.17, 15) is 9.59 Å². The Kier molecular flexibility index (Phi) is 9.68. The molecule has 1 atom stereocenters. The van der Waals surface area contributed by atoms with E-state index in [2.05, 4.69) is 51.3 Å². The van der Waals surface area contributed by atoms with Crippen LogP contribution in [0.1, 0.15) is 72.4 Å². The monoisotopic (exact) mass is 548 g/mol. The molecule has 0 N–H and O–H groups in total. The van der Waals surface area contributed by atoms with Crippen LogP contribution >= 0.6 is 11.3 Å². The summed E-state index contributed by atoms with van der Waals surface area (Å²) in [5.74, 6) is 2.16. The van der Waals surface area contributed by atoms with Gasteiger partial charge >= 0.3 is 0 Å². The Morgan fingerprint density at radius 3 is 2.33 bits per heavy atom. The van der Waals surface area contributed by atoms with Crippen LogP contribution in [0.25, 0.3) is 0 Å². The van der Waals surface area contributed by atoms with E-state index in [0.717, 1.165) is 24.2 Å². The molecular formula is C32H40N2O4S. The van der Waals surface area contributed by atoms with Crippen molar-refractivity contribution in [1.82, 2.24) is 9.80 Å². The average molecular weight is 549 g/mol. The number of fused-ring (bicyclic) bond motifs is 1. The minimum Gasteiger partial charge on any atom is -0.497 e. The fourth-order valence-corrected chi connectivity index (χ4v) is 5.76. The van der Waals surface area contributed by atoms with Crippen LogP contribution in [-0.2, 0) is 11.2 Å². The summed E-state index contributed by atoms with van der Waals surface area (Å²) in [5, 5.41) is 2.09. The smallest absolute Gasteiger partial charge is 0.254 e. The van der Waals surface area contributed by atoms with Crippen LogP contribution in [0.5, 0.6) is 11.5 Å². The van der Waals surface area contributed by atoms with Crippen molar-refractivity contribution in [3.63, 3.8) is 0 Å². The highest BCUT2D eigenvalue weighted by molar-refractivity contribution is 7.10. The first-order valence-electron chi connectivity index (χ1n) is 13.8. The molecular weight excluding hydrogens is 508 g/mol. The number of rotatable bonds is 11. The molecule has 0 spiro atoms. The number of ether oxygens (including phenoxy) is 2. The van der Waals surface area contributed by atoms with Gasteiger partial charge in [-0.25, -0.2) is 0 Å². The predicted octanol–water partition coefficient (Wildman–Crippen LogP) is 6.57. The van der Waals surface area contributed by atoms with Crippen LogP contribution < -0.4 is 9.47 Å². The van der Waals surface area contributed by atoms with Gasteiger partial charge in [-0.1, -0.05) is 39.8 Å². The molecule has 2 amide bonds. The molecule has 0 radical (unpaired) electrons. The Hall–Kier alpha value is -3.32. The van der Waals surface area contributed by atoms with Crippen molar-refractivity contribution in [2.45, 2.75) is 52.5 Å². The second-order valence-electron chi connectivity index (χ2n) is 10.8. The predicted molar refractivity (Wildman–Crippen MR) is 157 cm³/mol. The molecule has 3 aromatic rings. The number of nitrogens with zero attached hydrogens (tertiary/aromatic N) is 2. The summed E-state index contributed by atoms with van der Waals surface area (Å²) >= 11 is 1.73. The van der Waals surface area contributed by atoms with Gasteiger partial charge in [0.05, 0.1) is 13.2 Å². The van der Waals surface area contributed by atoms with E-state index in [-0.39, 0.29) is 24.4 Å². The van der Waals surface area contributed by atoms with E-state index >= 15 is 0 Å². The second-order valence-corrected chi connectivity index (χ2v) is 11.8. The zero-order valence-corrected chi connectivity index (χ0v) is 24.5. The molecule has 1 aliphatic heterocycles. The molecule has 0 fully saturated rings. The largest absolute Gasteiger partial charge is 0.497 e. The topological polar surface area (TPSA) is 59.1 Å². The van der Waals surface area contributed by atoms with Gasteiger partial charge in [-0.05, 0) is 83.6 Å². The third kappa shape index (κ3) is 7.21. The summed E-state index contributed by atoms with van der Waals surface area (Å²) in [6, 6.07) is 17.2. The molecule has 39 heavy (non-hydrogen) atoms. The quantitative estimate of drug-likeness (QED) is 0.272. The molecule has 208 valence electrons. The van der Waals surface area contributed by atoms with Crippen LogP contribution in [0.4, 0.5) is 0 Å². The Morgan fingerprint density at radius 2 is 1.69 bits per heavy atom. The molecule has 0 saturated carbocycles. The molecule has 2 aromatic carbocycles. The number of methoxy groups -OCH3 is 1. The van der Waals surface area contributed by atoms with Crippen LogP contribution in [-0.4, -0.2) is 55.0 Å². The fourth-order valence-electron chi connectivity index (χ4n) is 4.84. The third-order valence-electron chi connectivity index (χ3n) is 7.30. The van der Waals surface area contributed by atoms with Gasteiger partial charge in [-0.15, -0.1) is 11.3 Å². The first kappa shape index (κ1) is 28.7. The van der Waals surface area contributed by atoms with Crippen molar-refractivity contribution in [3.8, 4) is 11.5 Å². The lowest BCUT2D eigenvalue weighted by Crippen LogP contribution is -2.48. The van der Waals surface area contributed by atoms with E-state index in [1.165, 1.54) is 10.4 Å². The summed E-state index contributed by atoms with van der Waals surface area (Å²) in [5.41, 5.74) is 2.96. The van der Waals surface area contributed by atoms with E-state index < -0.39 is 0 Å². The Balaban J connectivity index is 1.51. The van der Waals surface area contributed by atoms with Crippen molar-refractivity contribution in [2.24, 2.45) is 5.92 Å².